The van der Waals surface area contributed by atoms with E-state index in [1.165, 1.54) is 0 Å². The van der Waals surface area contributed by atoms with Gasteiger partial charge in [-0.25, -0.2) is 5.84 Å². The number of hydrogen-bond donors (Lipinski definition) is 2. The molecule has 5 heteroatoms. The fraction of sp³-hybridized carbons (Fsp3) is 0.455. The first-order valence-electron chi connectivity index (χ1n) is 5.28. The van der Waals surface area contributed by atoms with Crippen molar-refractivity contribution in [3.05, 3.63) is 30.1 Å². The molecule has 0 aliphatic rings. The van der Waals surface area contributed by atoms with Crippen molar-refractivity contribution in [2.75, 3.05) is 7.05 Å². The molecule has 0 fully saturated rings. The summed E-state index contributed by atoms with van der Waals surface area (Å²) in [6.45, 7) is 2.64. The van der Waals surface area contributed by atoms with E-state index in [9.17, 15) is 4.79 Å². The minimum atomic E-state index is -0.204. The predicted octanol–water partition coefficient (Wildman–Crippen LogP) is 0.282. The van der Waals surface area contributed by atoms with Gasteiger partial charge in [-0.05, 0) is 25.1 Å². The molecule has 0 saturated heterocycles. The first-order chi connectivity index (χ1) is 7.69. The Morgan fingerprint density at radius 3 is 2.94 bits per heavy atom. The van der Waals surface area contributed by atoms with Crippen LogP contribution in [0, 0.1) is 0 Å². The highest BCUT2D eigenvalue weighted by molar-refractivity contribution is 5.80. The van der Waals surface area contributed by atoms with Crippen molar-refractivity contribution in [2.45, 2.75) is 25.9 Å². The van der Waals surface area contributed by atoms with Gasteiger partial charge < -0.3 is 0 Å². The number of likely N-dealkylation sites (N-methyl/N-ethyl adjacent to an activating group) is 1. The lowest BCUT2D eigenvalue weighted by Crippen LogP contribution is -2.47. The van der Waals surface area contributed by atoms with Crippen LogP contribution in [0.3, 0.4) is 0 Å². The third kappa shape index (κ3) is 3.29. The van der Waals surface area contributed by atoms with Crippen molar-refractivity contribution >= 4 is 5.91 Å². The second-order valence-electron chi connectivity index (χ2n) is 3.71. The Morgan fingerprint density at radius 1 is 1.69 bits per heavy atom. The molecule has 1 heterocycles. The predicted molar refractivity (Wildman–Crippen MR) is 62.1 cm³/mol. The summed E-state index contributed by atoms with van der Waals surface area (Å²) in [7, 11) is 1.90. The maximum atomic E-state index is 11.5. The molecule has 0 aliphatic carbocycles. The number of amides is 1. The van der Waals surface area contributed by atoms with Crippen molar-refractivity contribution in [2.24, 2.45) is 5.84 Å². The first kappa shape index (κ1) is 12.6. The largest absolute Gasteiger partial charge is 0.293 e. The zero-order valence-electron chi connectivity index (χ0n) is 9.68. The molecule has 0 aliphatic heterocycles. The van der Waals surface area contributed by atoms with Crippen LogP contribution < -0.4 is 11.3 Å². The molecule has 1 amide bonds. The average Bonchev–Trinajstić information content (AvgIpc) is 2.31. The Labute approximate surface area is 95.6 Å². The Morgan fingerprint density at radius 2 is 2.44 bits per heavy atom. The fourth-order valence-corrected chi connectivity index (χ4v) is 1.68. The lowest BCUT2D eigenvalue weighted by Gasteiger charge is -2.25. The first-order valence-corrected chi connectivity index (χ1v) is 5.28. The Hall–Kier alpha value is -1.46. The van der Waals surface area contributed by atoms with Gasteiger partial charge in [0.25, 0.3) is 5.91 Å². The van der Waals surface area contributed by atoms with Gasteiger partial charge in [0.15, 0.2) is 0 Å². The van der Waals surface area contributed by atoms with E-state index in [2.05, 4.69) is 10.4 Å². The van der Waals surface area contributed by atoms with E-state index in [1.54, 1.807) is 12.4 Å². The quantitative estimate of drug-likeness (QED) is 0.426. The van der Waals surface area contributed by atoms with Crippen molar-refractivity contribution in [1.29, 1.82) is 0 Å². The van der Waals surface area contributed by atoms with E-state index in [1.807, 2.05) is 31.0 Å². The van der Waals surface area contributed by atoms with Crippen molar-refractivity contribution in [3.63, 3.8) is 0 Å². The maximum Gasteiger partial charge on any atom is 0.251 e. The topological polar surface area (TPSA) is 71.2 Å². The second-order valence-corrected chi connectivity index (χ2v) is 3.71. The lowest BCUT2D eigenvalue weighted by atomic mass is 10.1. The van der Waals surface area contributed by atoms with Crippen LogP contribution in [0.25, 0.3) is 0 Å². The number of carbonyl (C=O) groups excluding carboxylic acids is 1. The Balaban J connectivity index is 2.63. The minimum Gasteiger partial charge on any atom is -0.293 e. The van der Waals surface area contributed by atoms with Crippen LogP contribution in [0.4, 0.5) is 0 Å². The van der Waals surface area contributed by atoms with E-state index in [0.717, 1.165) is 12.0 Å². The normalized spacial score (nSPS) is 12.5. The molecule has 1 aromatic rings. The summed E-state index contributed by atoms with van der Waals surface area (Å²) in [6, 6.07) is 3.66. The molecule has 16 heavy (non-hydrogen) atoms. The molecular weight excluding hydrogens is 204 g/mol. The van der Waals surface area contributed by atoms with Crippen LogP contribution in [-0.4, -0.2) is 28.9 Å². The monoisotopic (exact) mass is 222 g/mol. The highest BCUT2D eigenvalue weighted by Crippen LogP contribution is 2.07. The molecule has 3 N–H and O–H groups in total. The Bertz CT molecular complexity index is 328. The summed E-state index contributed by atoms with van der Waals surface area (Å²) in [6.07, 6.45) is 4.25. The third-order valence-corrected chi connectivity index (χ3v) is 2.52. The summed E-state index contributed by atoms with van der Waals surface area (Å²) in [5.74, 6) is 4.98. The van der Waals surface area contributed by atoms with Gasteiger partial charge >= 0.3 is 0 Å². The average molecular weight is 222 g/mol. The van der Waals surface area contributed by atoms with Gasteiger partial charge in [0.05, 0.1) is 6.04 Å². The molecule has 1 unspecified atom stereocenters. The van der Waals surface area contributed by atoms with E-state index in [4.69, 9.17) is 5.84 Å². The standard InChI is InChI=1S/C11H18N4O/c1-3-10(11(16)14-12)15(2)8-9-5-4-6-13-7-9/h4-7,10H,3,8,12H2,1-2H3,(H,14,16). The third-order valence-electron chi connectivity index (χ3n) is 2.52. The molecular formula is C11H18N4O. The molecule has 1 aromatic heterocycles. The summed E-state index contributed by atoms with van der Waals surface area (Å²) in [4.78, 5) is 17.5. The van der Waals surface area contributed by atoms with Crippen LogP contribution in [0.15, 0.2) is 24.5 Å². The van der Waals surface area contributed by atoms with Crippen LogP contribution in [0.5, 0.6) is 0 Å². The second kappa shape index (κ2) is 6.19. The fourth-order valence-electron chi connectivity index (χ4n) is 1.68. The molecule has 5 nitrogen and oxygen atoms in total. The molecule has 0 radical (unpaired) electrons. The van der Waals surface area contributed by atoms with Crippen molar-refractivity contribution < 1.29 is 4.79 Å². The molecule has 1 atom stereocenters. The minimum absolute atomic E-state index is 0.158. The molecule has 88 valence electrons. The van der Waals surface area contributed by atoms with Gasteiger partial charge in [-0.3, -0.25) is 20.1 Å². The van der Waals surface area contributed by atoms with Gasteiger partial charge in [0.1, 0.15) is 0 Å². The highest BCUT2D eigenvalue weighted by Gasteiger charge is 2.20. The van der Waals surface area contributed by atoms with Crippen LogP contribution in [0.1, 0.15) is 18.9 Å². The number of carbonyl (C=O) groups is 1. The molecule has 0 bridgehead atoms. The van der Waals surface area contributed by atoms with Gasteiger partial charge in [-0.2, -0.15) is 0 Å². The van der Waals surface area contributed by atoms with E-state index < -0.39 is 0 Å². The smallest absolute Gasteiger partial charge is 0.251 e. The molecule has 1 rings (SSSR count). The SMILES string of the molecule is CCC(C(=O)NN)N(C)Cc1cccnc1. The van der Waals surface area contributed by atoms with Crippen molar-refractivity contribution in [3.8, 4) is 0 Å². The lowest BCUT2D eigenvalue weighted by molar-refractivity contribution is -0.126. The highest BCUT2D eigenvalue weighted by atomic mass is 16.2. The van der Waals surface area contributed by atoms with Crippen molar-refractivity contribution in [1.82, 2.24) is 15.3 Å². The number of rotatable bonds is 5. The molecule has 0 saturated carbocycles. The molecule has 0 aromatic carbocycles. The maximum absolute atomic E-state index is 11.5. The van der Waals surface area contributed by atoms with Gasteiger partial charge in [0, 0.05) is 18.9 Å². The number of hydrogen-bond acceptors (Lipinski definition) is 4. The van der Waals surface area contributed by atoms with E-state index in [-0.39, 0.29) is 11.9 Å². The number of nitrogens with two attached hydrogens (primary N) is 1. The van der Waals surface area contributed by atoms with Crippen LogP contribution in [0.2, 0.25) is 0 Å². The summed E-state index contributed by atoms with van der Waals surface area (Å²) in [5.41, 5.74) is 3.26. The summed E-state index contributed by atoms with van der Waals surface area (Å²) < 4.78 is 0. The zero-order chi connectivity index (χ0) is 12.0. The summed E-state index contributed by atoms with van der Waals surface area (Å²) in [5, 5.41) is 0. The van der Waals surface area contributed by atoms with Gasteiger partial charge in [-0.15, -0.1) is 0 Å². The van der Waals surface area contributed by atoms with E-state index in [0.29, 0.717) is 6.54 Å². The molecule has 0 spiro atoms. The number of aromatic nitrogens is 1. The number of hydrazine groups is 1. The van der Waals surface area contributed by atoms with Gasteiger partial charge in [-0.1, -0.05) is 13.0 Å². The number of pyridine rings is 1. The zero-order valence-corrected chi connectivity index (χ0v) is 9.68. The Kier molecular flexibility index (Phi) is 4.88. The summed E-state index contributed by atoms with van der Waals surface area (Å²) >= 11 is 0. The number of nitrogens with one attached hydrogen (secondary N) is 1. The van der Waals surface area contributed by atoms with Gasteiger partial charge in [0.2, 0.25) is 0 Å². The van der Waals surface area contributed by atoms with E-state index >= 15 is 0 Å². The van der Waals surface area contributed by atoms with Crippen LogP contribution >= 0.6 is 0 Å². The van der Waals surface area contributed by atoms with Crippen LogP contribution in [-0.2, 0) is 11.3 Å². The number of nitrogens with zero attached hydrogens (tertiary/aromatic N) is 2.